The van der Waals surface area contributed by atoms with Crippen molar-refractivity contribution in [2.45, 2.75) is 19.4 Å². The van der Waals surface area contributed by atoms with Gasteiger partial charge in [-0.1, -0.05) is 18.2 Å². The molecule has 18 heavy (non-hydrogen) atoms. The van der Waals surface area contributed by atoms with Gasteiger partial charge in [0.15, 0.2) is 0 Å². The highest BCUT2D eigenvalue weighted by Gasteiger charge is 2.14. The smallest absolute Gasteiger partial charge is 0.0411 e. The van der Waals surface area contributed by atoms with Crippen molar-refractivity contribution in [3.8, 4) is 0 Å². The quantitative estimate of drug-likeness (QED) is 0.775. The molecule has 0 unspecified atom stereocenters. The maximum Gasteiger partial charge on any atom is 0.0411 e. The first-order valence-corrected chi connectivity index (χ1v) is 6.95. The van der Waals surface area contributed by atoms with Gasteiger partial charge in [-0.2, -0.15) is 0 Å². The van der Waals surface area contributed by atoms with E-state index in [-0.39, 0.29) is 0 Å². The van der Waals surface area contributed by atoms with Gasteiger partial charge in [0, 0.05) is 38.4 Å². The molecule has 0 atom stereocenters. The fourth-order valence-corrected chi connectivity index (χ4v) is 2.45. The van der Waals surface area contributed by atoms with Crippen molar-refractivity contribution in [2.75, 3.05) is 45.2 Å². The molecule has 1 fully saturated rings. The summed E-state index contributed by atoms with van der Waals surface area (Å²) in [4.78, 5) is 4.72. The van der Waals surface area contributed by atoms with Gasteiger partial charge in [0.25, 0.3) is 0 Å². The fraction of sp³-hybridized carbons (Fsp3) is 0.600. The Labute approximate surface area is 111 Å². The van der Waals surface area contributed by atoms with Gasteiger partial charge < -0.3 is 15.1 Å². The fourth-order valence-electron chi connectivity index (χ4n) is 2.45. The van der Waals surface area contributed by atoms with Crippen LogP contribution in [0.4, 0.5) is 5.69 Å². The van der Waals surface area contributed by atoms with E-state index in [0.29, 0.717) is 0 Å². The highest BCUT2D eigenvalue weighted by Crippen LogP contribution is 2.24. The standard InChI is InChI=1S/C15H25N3/c1-17(2)12-9-16-13-14-7-3-4-8-15(14)18-10-5-6-11-18/h3-4,7-8,16H,5-6,9-13H2,1-2H3. The highest BCUT2D eigenvalue weighted by atomic mass is 15.1. The molecular weight excluding hydrogens is 222 g/mol. The molecule has 0 amide bonds. The summed E-state index contributed by atoms with van der Waals surface area (Å²) in [6.45, 7) is 5.54. The summed E-state index contributed by atoms with van der Waals surface area (Å²) in [6, 6.07) is 8.80. The second kappa shape index (κ2) is 6.76. The van der Waals surface area contributed by atoms with Gasteiger partial charge in [-0.15, -0.1) is 0 Å². The lowest BCUT2D eigenvalue weighted by atomic mass is 10.1. The van der Waals surface area contributed by atoms with Gasteiger partial charge in [-0.25, -0.2) is 0 Å². The summed E-state index contributed by atoms with van der Waals surface area (Å²) in [5.74, 6) is 0. The first-order chi connectivity index (χ1) is 8.77. The number of para-hydroxylation sites is 1. The Hall–Kier alpha value is -1.06. The molecule has 0 radical (unpaired) electrons. The first-order valence-electron chi connectivity index (χ1n) is 6.95. The molecule has 3 heteroatoms. The Bertz CT molecular complexity index is 357. The maximum atomic E-state index is 3.53. The molecular formula is C15H25N3. The molecule has 2 rings (SSSR count). The molecule has 0 bridgehead atoms. The Morgan fingerprint density at radius 1 is 1.17 bits per heavy atom. The summed E-state index contributed by atoms with van der Waals surface area (Å²) in [7, 11) is 4.22. The lowest BCUT2D eigenvalue weighted by Crippen LogP contribution is -2.27. The summed E-state index contributed by atoms with van der Waals surface area (Å²) in [6.07, 6.45) is 2.67. The molecule has 1 saturated heterocycles. The maximum absolute atomic E-state index is 3.53. The van der Waals surface area contributed by atoms with E-state index in [1.807, 2.05) is 0 Å². The van der Waals surface area contributed by atoms with E-state index in [1.165, 1.54) is 37.2 Å². The van der Waals surface area contributed by atoms with Crippen LogP contribution in [0.2, 0.25) is 0 Å². The van der Waals surface area contributed by atoms with Crippen molar-refractivity contribution in [3.63, 3.8) is 0 Å². The summed E-state index contributed by atoms with van der Waals surface area (Å²) in [5.41, 5.74) is 2.85. The van der Waals surface area contributed by atoms with Crippen LogP contribution in [0.1, 0.15) is 18.4 Å². The summed E-state index contributed by atoms with van der Waals surface area (Å²) >= 11 is 0. The Morgan fingerprint density at radius 2 is 1.89 bits per heavy atom. The van der Waals surface area contributed by atoms with E-state index in [2.05, 4.69) is 53.5 Å². The van der Waals surface area contributed by atoms with Crippen LogP contribution in [0, 0.1) is 0 Å². The molecule has 1 aliphatic heterocycles. The molecule has 1 aromatic rings. The average molecular weight is 247 g/mol. The number of rotatable bonds is 6. The van der Waals surface area contributed by atoms with E-state index < -0.39 is 0 Å². The third kappa shape index (κ3) is 3.72. The van der Waals surface area contributed by atoms with E-state index in [1.54, 1.807) is 0 Å². The average Bonchev–Trinajstić information content (AvgIpc) is 2.88. The monoisotopic (exact) mass is 247 g/mol. The molecule has 0 aromatic heterocycles. The summed E-state index contributed by atoms with van der Waals surface area (Å²) in [5, 5.41) is 3.53. The van der Waals surface area contributed by atoms with Crippen LogP contribution in [-0.4, -0.2) is 45.2 Å². The topological polar surface area (TPSA) is 18.5 Å². The van der Waals surface area contributed by atoms with E-state index in [0.717, 1.165) is 19.6 Å². The van der Waals surface area contributed by atoms with Crippen LogP contribution in [-0.2, 0) is 6.54 Å². The van der Waals surface area contributed by atoms with Crippen molar-refractivity contribution in [1.29, 1.82) is 0 Å². The number of nitrogens with one attached hydrogen (secondary N) is 1. The van der Waals surface area contributed by atoms with E-state index >= 15 is 0 Å². The minimum absolute atomic E-state index is 0.973. The molecule has 1 heterocycles. The van der Waals surface area contributed by atoms with Crippen LogP contribution < -0.4 is 10.2 Å². The summed E-state index contributed by atoms with van der Waals surface area (Å²) < 4.78 is 0. The largest absolute Gasteiger partial charge is 0.371 e. The molecule has 0 spiro atoms. The van der Waals surface area contributed by atoms with Gasteiger partial charge in [-0.3, -0.25) is 0 Å². The lowest BCUT2D eigenvalue weighted by molar-refractivity contribution is 0.400. The van der Waals surface area contributed by atoms with E-state index in [4.69, 9.17) is 0 Å². The number of benzene rings is 1. The second-order valence-corrected chi connectivity index (χ2v) is 5.30. The molecule has 1 N–H and O–H groups in total. The zero-order valence-electron chi connectivity index (χ0n) is 11.7. The number of likely N-dealkylation sites (N-methyl/N-ethyl adjacent to an activating group) is 1. The Balaban J connectivity index is 1.90. The molecule has 1 aliphatic rings. The number of hydrogen-bond acceptors (Lipinski definition) is 3. The van der Waals surface area contributed by atoms with Crippen molar-refractivity contribution < 1.29 is 0 Å². The van der Waals surface area contributed by atoms with Crippen LogP contribution in [0.5, 0.6) is 0 Å². The van der Waals surface area contributed by atoms with Crippen molar-refractivity contribution in [3.05, 3.63) is 29.8 Å². The second-order valence-electron chi connectivity index (χ2n) is 5.30. The third-order valence-corrected chi connectivity index (χ3v) is 3.49. The van der Waals surface area contributed by atoms with Crippen molar-refractivity contribution in [1.82, 2.24) is 10.2 Å². The SMILES string of the molecule is CN(C)CCNCc1ccccc1N1CCCC1. The molecule has 0 aliphatic carbocycles. The lowest BCUT2D eigenvalue weighted by Gasteiger charge is -2.21. The molecule has 0 saturated carbocycles. The van der Waals surface area contributed by atoms with Gasteiger partial charge in [-0.05, 0) is 38.6 Å². The minimum atomic E-state index is 0.973. The van der Waals surface area contributed by atoms with Gasteiger partial charge >= 0.3 is 0 Å². The molecule has 3 nitrogen and oxygen atoms in total. The predicted octanol–water partition coefficient (Wildman–Crippen LogP) is 1.94. The molecule has 100 valence electrons. The van der Waals surface area contributed by atoms with Crippen molar-refractivity contribution in [2.24, 2.45) is 0 Å². The predicted molar refractivity (Wildman–Crippen MR) is 78.1 cm³/mol. The Morgan fingerprint density at radius 3 is 2.61 bits per heavy atom. The van der Waals surface area contributed by atoms with Gasteiger partial charge in [0.2, 0.25) is 0 Å². The number of nitrogens with zero attached hydrogens (tertiary/aromatic N) is 2. The molecule has 1 aromatic carbocycles. The van der Waals surface area contributed by atoms with Crippen molar-refractivity contribution >= 4 is 5.69 Å². The zero-order chi connectivity index (χ0) is 12.8. The minimum Gasteiger partial charge on any atom is -0.371 e. The van der Waals surface area contributed by atoms with Crippen LogP contribution in [0.3, 0.4) is 0 Å². The van der Waals surface area contributed by atoms with Gasteiger partial charge in [0.05, 0.1) is 0 Å². The Kier molecular flexibility index (Phi) is 5.02. The van der Waals surface area contributed by atoms with Crippen LogP contribution >= 0.6 is 0 Å². The number of anilines is 1. The van der Waals surface area contributed by atoms with Crippen LogP contribution in [0.15, 0.2) is 24.3 Å². The normalized spacial score (nSPS) is 15.6. The first kappa shape index (κ1) is 13.4. The number of hydrogen-bond donors (Lipinski definition) is 1. The van der Waals surface area contributed by atoms with Crippen LogP contribution in [0.25, 0.3) is 0 Å². The zero-order valence-corrected chi connectivity index (χ0v) is 11.7. The van der Waals surface area contributed by atoms with E-state index in [9.17, 15) is 0 Å². The third-order valence-electron chi connectivity index (χ3n) is 3.49. The highest BCUT2D eigenvalue weighted by molar-refractivity contribution is 5.54. The van der Waals surface area contributed by atoms with Gasteiger partial charge in [0.1, 0.15) is 0 Å².